The zero-order chi connectivity index (χ0) is 13.1. The molecule has 0 aromatic rings. The molecule has 102 valence electrons. The number of aliphatic hydroxyl groups excluding tert-OH is 1. The van der Waals surface area contributed by atoms with Crippen LogP contribution in [0.25, 0.3) is 0 Å². The van der Waals surface area contributed by atoms with E-state index in [-0.39, 0.29) is 19.2 Å². The van der Waals surface area contributed by atoms with Gasteiger partial charge in [-0.25, -0.2) is 4.79 Å². The Labute approximate surface area is 107 Å². The van der Waals surface area contributed by atoms with Gasteiger partial charge >= 0.3 is 5.97 Å². The summed E-state index contributed by atoms with van der Waals surface area (Å²) in [5, 5.41) is 8.46. The minimum Gasteiger partial charge on any atom is -0.460 e. The van der Waals surface area contributed by atoms with Crippen LogP contribution in [-0.2, 0) is 19.0 Å². The number of rotatable bonds is 9. The van der Waals surface area contributed by atoms with Crippen molar-refractivity contribution >= 4 is 5.97 Å². The van der Waals surface area contributed by atoms with Crippen LogP contribution >= 0.6 is 0 Å². The van der Waals surface area contributed by atoms with Crippen molar-refractivity contribution in [1.82, 2.24) is 0 Å². The number of ether oxygens (including phenoxy) is 3. The molecule has 0 atom stereocenters. The van der Waals surface area contributed by atoms with Crippen molar-refractivity contribution in [2.75, 3.05) is 39.6 Å². The number of hydrogen-bond donors (Lipinski definition) is 1. The number of carbonyl (C=O) groups is 1. The van der Waals surface area contributed by atoms with Crippen LogP contribution in [0.3, 0.4) is 0 Å². The van der Waals surface area contributed by atoms with Crippen molar-refractivity contribution in [3.05, 3.63) is 23.8 Å². The van der Waals surface area contributed by atoms with Crippen molar-refractivity contribution in [3.63, 3.8) is 0 Å². The van der Waals surface area contributed by atoms with Gasteiger partial charge in [0.15, 0.2) is 0 Å². The second-order valence-electron chi connectivity index (χ2n) is 3.72. The first kappa shape index (κ1) is 14.9. The maximum atomic E-state index is 11.5. The highest BCUT2D eigenvalue weighted by Crippen LogP contribution is 2.10. The van der Waals surface area contributed by atoms with E-state index in [1.54, 1.807) is 6.08 Å². The summed E-state index contributed by atoms with van der Waals surface area (Å²) >= 11 is 0. The molecule has 0 heterocycles. The van der Waals surface area contributed by atoms with E-state index in [1.165, 1.54) is 0 Å². The third-order valence-corrected chi connectivity index (χ3v) is 2.30. The van der Waals surface area contributed by atoms with Crippen LogP contribution in [0.5, 0.6) is 0 Å². The molecule has 0 aliphatic heterocycles. The third kappa shape index (κ3) is 6.54. The maximum Gasteiger partial charge on any atom is 0.337 e. The Morgan fingerprint density at radius 2 is 1.83 bits per heavy atom. The van der Waals surface area contributed by atoms with Gasteiger partial charge in [-0.1, -0.05) is 18.2 Å². The summed E-state index contributed by atoms with van der Waals surface area (Å²) in [4.78, 5) is 11.5. The van der Waals surface area contributed by atoms with Gasteiger partial charge in [0.05, 0.1) is 38.6 Å². The van der Waals surface area contributed by atoms with E-state index in [9.17, 15) is 4.79 Å². The van der Waals surface area contributed by atoms with E-state index in [0.717, 1.165) is 12.8 Å². The average molecular weight is 256 g/mol. The fourth-order valence-electron chi connectivity index (χ4n) is 1.43. The van der Waals surface area contributed by atoms with Crippen molar-refractivity contribution < 1.29 is 24.1 Å². The number of allylic oxidation sites excluding steroid dienone is 2. The summed E-state index contributed by atoms with van der Waals surface area (Å²) < 4.78 is 15.2. The Hall–Kier alpha value is -1.17. The van der Waals surface area contributed by atoms with Crippen molar-refractivity contribution in [2.24, 2.45) is 0 Å². The lowest BCUT2D eigenvalue weighted by atomic mass is 10.1. The van der Waals surface area contributed by atoms with Gasteiger partial charge in [-0.05, 0) is 12.8 Å². The summed E-state index contributed by atoms with van der Waals surface area (Å²) in [5.41, 5.74) is 0.618. The van der Waals surface area contributed by atoms with Gasteiger partial charge in [0.25, 0.3) is 0 Å². The number of hydrogen-bond acceptors (Lipinski definition) is 5. The van der Waals surface area contributed by atoms with E-state index in [2.05, 4.69) is 0 Å². The lowest BCUT2D eigenvalue weighted by Gasteiger charge is -2.08. The van der Waals surface area contributed by atoms with Crippen molar-refractivity contribution in [2.45, 2.75) is 12.8 Å². The van der Waals surface area contributed by atoms with Crippen LogP contribution in [0.15, 0.2) is 23.8 Å². The van der Waals surface area contributed by atoms with Gasteiger partial charge in [-0.2, -0.15) is 0 Å². The maximum absolute atomic E-state index is 11.5. The molecular formula is C13H20O5. The molecule has 0 fully saturated rings. The minimum atomic E-state index is -0.300. The summed E-state index contributed by atoms with van der Waals surface area (Å²) in [6, 6.07) is 0. The smallest absolute Gasteiger partial charge is 0.337 e. The molecular weight excluding hydrogens is 236 g/mol. The second kappa shape index (κ2) is 9.82. The van der Waals surface area contributed by atoms with Crippen LogP contribution < -0.4 is 0 Å². The van der Waals surface area contributed by atoms with Gasteiger partial charge in [0, 0.05) is 0 Å². The zero-order valence-corrected chi connectivity index (χ0v) is 10.5. The fourth-order valence-corrected chi connectivity index (χ4v) is 1.43. The Morgan fingerprint density at radius 3 is 2.50 bits per heavy atom. The van der Waals surface area contributed by atoms with E-state index in [4.69, 9.17) is 19.3 Å². The molecule has 0 radical (unpaired) electrons. The first-order valence-corrected chi connectivity index (χ1v) is 6.15. The summed E-state index contributed by atoms with van der Waals surface area (Å²) in [6.07, 6.45) is 7.50. The number of aliphatic hydroxyl groups is 1. The fraction of sp³-hybridized carbons (Fsp3) is 0.615. The van der Waals surface area contributed by atoms with Gasteiger partial charge in [0.1, 0.15) is 6.61 Å². The molecule has 1 aliphatic carbocycles. The topological polar surface area (TPSA) is 65.0 Å². The molecule has 18 heavy (non-hydrogen) atoms. The van der Waals surface area contributed by atoms with Crippen LogP contribution in [0.2, 0.25) is 0 Å². The van der Waals surface area contributed by atoms with Gasteiger partial charge in [-0.3, -0.25) is 0 Å². The first-order chi connectivity index (χ1) is 8.84. The Morgan fingerprint density at radius 1 is 1.11 bits per heavy atom. The molecule has 0 amide bonds. The summed E-state index contributed by atoms with van der Waals surface area (Å²) in [5.74, 6) is -0.300. The summed E-state index contributed by atoms with van der Waals surface area (Å²) in [6.45, 7) is 1.79. The molecule has 0 saturated carbocycles. The molecule has 0 aromatic heterocycles. The largest absolute Gasteiger partial charge is 0.460 e. The molecule has 0 saturated heterocycles. The van der Waals surface area contributed by atoms with Crippen LogP contribution in [-0.4, -0.2) is 50.7 Å². The molecule has 1 N–H and O–H groups in total. The molecule has 0 bridgehead atoms. The number of carbonyl (C=O) groups excluding carboxylic acids is 1. The van der Waals surface area contributed by atoms with E-state index in [1.807, 2.05) is 12.2 Å². The third-order valence-electron chi connectivity index (χ3n) is 2.30. The van der Waals surface area contributed by atoms with E-state index >= 15 is 0 Å². The minimum absolute atomic E-state index is 0.0141. The van der Waals surface area contributed by atoms with Crippen LogP contribution in [0.4, 0.5) is 0 Å². The zero-order valence-electron chi connectivity index (χ0n) is 10.5. The Kier molecular flexibility index (Phi) is 8.12. The molecule has 5 heteroatoms. The van der Waals surface area contributed by atoms with Gasteiger partial charge in [-0.15, -0.1) is 0 Å². The highest BCUT2D eigenvalue weighted by molar-refractivity contribution is 5.91. The van der Waals surface area contributed by atoms with E-state index in [0.29, 0.717) is 32.0 Å². The number of esters is 1. The second-order valence-corrected chi connectivity index (χ2v) is 3.72. The summed E-state index contributed by atoms with van der Waals surface area (Å²) in [7, 11) is 0. The molecule has 5 nitrogen and oxygen atoms in total. The normalized spacial score (nSPS) is 14.4. The molecule has 1 rings (SSSR count). The quantitative estimate of drug-likeness (QED) is 0.489. The molecule has 1 aliphatic rings. The predicted octanol–water partition coefficient (Wildman–Crippen LogP) is 0.831. The van der Waals surface area contributed by atoms with Crippen LogP contribution in [0.1, 0.15) is 12.8 Å². The molecule has 0 unspecified atom stereocenters. The first-order valence-electron chi connectivity index (χ1n) is 6.15. The van der Waals surface area contributed by atoms with E-state index < -0.39 is 0 Å². The van der Waals surface area contributed by atoms with Crippen molar-refractivity contribution in [3.8, 4) is 0 Å². The average Bonchev–Trinajstić information content (AvgIpc) is 2.42. The SMILES string of the molecule is O=C(OCCOCCOCCO)C1=CCCC=C1. The highest BCUT2D eigenvalue weighted by atomic mass is 16.6. The predicted molar refractivity (Wildman–Crippen MR) is 66.1 cm³/mol. The van der Waals surface area contributed by atoms with Gasteiger partial charge < -0.3 is 19.3 Å². The molecule has 0 aromatic carbocycles. The highest BCUT2D eigenvalue weighted by Gasteiger charge is 2.09. The lowest BCUT2D eigenvalue weighted by molar-refractivity contribution is -0.140. The standard InChI is InChI=1S/C13H20O5/c14-6-7-16-8-9-17-10-11-18-13(15)12-4-2-1-3-5-12/h2,4-5,14H,1,3,6-11H2. The molecule has 0 spiro atoms. The van der Waals surface area contributed by atoms with Crippen LogP contribution in [0, 0.1) is 0 Å². The Balaban J connectivity index is 1.96. The lowest BCUT2D eigenvalue weighted by Crippen LogP contribution is -2.14. The Bertz CT molecular complexity index is 296. The monoisotopic (exact) mass is 256 g/mol. The van der Waals surface area contributed by atoms with Crippen molar-refractivity contribution in [1.29, 1.82) is 0 Å². The van der Waals surface area contributed by atoms with Gasteiger partial charge in [0.2, 0.25) is 0 Å².